The summed E-state index contributed by atoms with van der Waals surface area (Å²) >= 11 is 0. The number of hydrogen-bond donors (Lipinski definition) is 1. The molecule has 0 spiro atoms. The van der Waals surface area contributed by atoms with Crippen LogP contribution in [0.25, 0.3) is 0 Å². The van der Waals surface area contributed by atoms with Crippen LogP contribution < -0.4 is 5.32 Å². The molecule has 0 aromatic carbocycles. The maximum absolute atomic E-state index is 12.3. The van der Waals surface area contributed by atoms with Gasteiger partial charge in [0.2, 0.25) is 0 Å². The second-order valence-electron chi connectivity index (χ2n) is 3.98. The maximum Gasteiger partial charge on any atom is 0.401 e. The Labute approximate surface area is 104 Å². The predicted octanol–water partition coefficient (Wildman–Crippen LogP) is 2.21. The Balaban J connectivity index is 2.78. The lowest BCUT2D eigenvalue weighted by Crippen LogP contribution is -2.34. The number of nitrogens with one attached hydrogen (secondary N) is 1. The van der Waals surface area contributed by atoms with Crippen molar-refractivity contribution in [2.75, 3.05) is 25.5 Å². The summed E-state index contributed by atoms with van der Waals surface area (Å²) in [5.74, 6) is 1.01. The fourth-order valence-electron chi connectivity index (χ4n) is 1.56. The molecule has 7 heteroatoms. The Morgan fingerprint density at radius 1 is 1.33 bits per heavy atom. The van der Waals surface area contributed by atoms with E-state index in [0.29, 0.717) is 18.2 Å². The van der Waals surface area contributed by atoms with E-state index in [1.54, 1.807) is 27.0 Å². The molecule has 0 aliphatic heterocycles. The van der Waals surface area contributed by atoms with Crippen LogP contribution in [-0.4, -0.2) is 41.2 Å². The van der Waals surface area contributed by atoms with Crippen molar-refractivity contribution in [1.82, 2.24) is 14.9 Å². The number of halogens is 3. The Kier molecular flexibility index (Phi) is 4.89. The van der Waals surface area contributed by atoms with Crippen LogP contribution in [0.1, 0.15) is 18.4 Å². The fraction of sp³-hybridized carbons (Fsp3) is 0.636. The zero-order chi connectivity index (χ0) is 13.8. The van der Waals surface area contributed by atoms with Crippen LogP contribution in [0, 0.1) is 6.92 Å². The molecule has 0 radical (unpaired) electrons. The number of nitrogens with zero attached hydrogens (tertiary/aromatic N) is 3. The van der Waals surface area contributed by atoms with Gasteiger partial charge >= 0.3 is 6.18 Å². The molecule has 4 nitrogen and oxygen atoms in total. The summed E-state index contributed by atoms with van der Waals surface area (Å²) < 4.78 is 37.0. The van der Waals surface area contributed by atoms with E-state index in [-0.39, 0.29) is 6.54 Å². The van der Waals surface area contributed by atoms with Crippen molar-refractivity contribution < 1.29 is 13.2 Å². The summed E-state index contributed by atoms with van der Waals surface area (Å²) in [7, 11) is 1.71. The summed E-state index contributed by atoms with van der Waals surface area (Å²) in [6.45, 7) is 2.90. The van der Waals surface area contributed by atoms with Gasteiger partial charge in [0.1, 0.15) is 11.6 Å². The van der Waals surface area contributed by atoms with Crippen molar-refractivity contribution in [2.45, 2.75) is 26.6 Å². The molecule has 0 amide bonds. The Morgan fingerprint density at radius 2 is 2.00 bits per heavy atom. The van der Waals surface area contributed by atoms with Crippen LogP contribution in [0.2, 0.25) is 0 Å². The topological polar surface area (TPSA) is 41.1 Å². The van der Waals surface area contributed by atoms with Crippen LogP contribution >= 0.6 is 0 Å². The smallest absolute Gasteiger partial charge is 0.373 e. The first kappa shape index (κ1) is 14.7. The highest BCUT2D eigenvalue weighted by Gasteiger charge is 2.30. The molecule has 0 fully saturated rings. The van der Waals surface area contributed by atoms with Crippen LogP contribution in [0.3, 0.4) is 0 Å². The van der Waals surface area contributed by atoms with Crippen LogP contribution in [0.4, 0.5) is 19.0 Å². The van der Waals surface area contributed by atoms with E-state index < -0.39 is 12.7 Å². The summed E-state index contributed by atoms with van der Waals surface area (Å²) in [5.41, 5.74) is 0.729. The van der Waals surface area contributed by atoms with Gasteiger partial charge < -0.3 is 5.32 Å². The van der Waals surface area contributed by atoms with Gasteiger partial charge in [-0.15, -0.1) is 0 Å². The lowest BCUT2D eigenvalue weighted by atomic mass is 10.3. The minimum absolute atomic E-state index is 0.0897. The number of aryl methyl sites for hydroxylation is 1. The van der Waals surface area contributed by atoms with E-state index in [1.165, 1.54) is 4.90 Å². The van der Waals surface area contributed by atoms with Crippen molar-refractivity contribution in [3.05, 3.63) is 17.6 Å². The second kappa shape index (κ2) is 5.99. The summed E-state index contributed by atoms with van der Waals surface area (Å²) in [5, 5.41) is 2.86. The van der Waals surface area contributed by atoms with Crippen molar-refractivity contribution in [1.29, 1.82) is 0 Å². The molecule has 0 saturated carbocycles. The van der Waals surface area contributed by atoms with Gasteiger partial charge in [-0.05, 0) is 13.5 Å². The Hall–Kier alpha value is -1.37. The predicted molar refractivity (Wildman–Crippen MR) is 63.3 cm³/mol. The maximum atomic E-state index is 12.3. The van der Waals surface area contributed by atoms with Gasteiger partial charge in [-0.25, -0.2) is 9.97 Å². The third-order valence-corrected chi connectivity index (χ3v) is 2.37. The minimum atomic E-state index is -4.20. The van der Waals surface area contributed by atoms with E-state index in [4.69, 9.17) is 0 Å². The largest absolute Gasteiger partial charge is 0.401 e. The number of hydrogen-bond acceptors (Lipinski definition) is 4. The van der Waals surface area contributed by atoms with E-state index in [0.717, 1.165) is 5.69 Å². The van der Waals surface area contributed by atoms with Crippen LogP contribution in [0.5, 0.6) is 0 Å². The monoisotopic (exact) mass is 262 g/mol. The third-order valence-electron chi connectivity index (χ3n) is 2.37. The lowest BCUT2D eigenvalue weighted by Gasteiger charge is -2.21. The molecule has 0 unspecified atom stereocenters. The molecule has 1 heterocycles. The van der Waals surface area contributed by atoms with Gasteiger partial charge in [0, 0.05) is 18.8 Å². The molecule has 18 heavy (non-hydrogen) atoms. The third kappa shape index (κ3) is 4.87. The SMILES string of the molecule is CCN(Cc1nc(C)cc(NC)n1)CC(F)(F)F. The summed E-state index contributed by atoms with van der Waals surface area (Å²) in [6.07, 6.45) is -4.20. The van der Waals surface area contributed by atoms with Crippen molar-refractivity contribution in [3.63, 3.8) is 0 Å². The molecule has 0 atom stereocenters. The first-order valence-corrected chi connectivity index (χ1v) is 5.65. The average Bonchev–Trinajstić information content (AvgIpc) is 2.25. The quantitative estimate of drug-likeness (QED) is 0.883. The van der Waals surface area contributed by atoms with Gasteiger partial charge in [-0.2, -0.15) is 13.2 Å². The summed E-state index contributed by atoms with van der Waals surface area (Å²) in [6, 6.07) is 1.74. The zero-order valence-electron chi connectivity index (χ0n) is 10.7. The molecule has 1 aromatic rings. The van der Waals surface area contributed by atoms with Crippen LogP contribution in [0.15, 0.2) is 6.07 Å². The average molecular weight is 262 g/mol. The first-order chi connectivity index (χ1) is 8.34. The van der Waals surface area contributed by atoms with Gasteiger partial charge in [0.05, 0.1) is 13.1 Å². The number of rotatable bonds is 5. The molecule has 1 aromatic heterocycles. The molecule has 0 aliphatic rings. The van der Waals surface area contributed by atoms with Gasteiger partial charge in [0.25, 0.3) is 0 Å². The first-order valence-electron chi connectivity index (χ1n) is 5.65. The van der Waals surface area contributed by atoms with Gasteiger partial charge in [-0.3, -0.25) is 4.90 Å². The van der Waals surface area contributed by atoms with Gasteiger partial charge in [0.15, 0.2) is 0 Å². The van der Waals surface area contributed by atoms with E-state index >= 15 is 0 Å². The second-order valence-corrected chi connectivity index (χ2v) is 3.98. The highest BCUT2D eigenvalue weighted by Crippen LogP contribution is 2.17. The van der Waals surface area contributed by atoms with Crippen molar-refractivity contribution in [3.8, 4) is 0 Å². The number of anilines is 1. The Morgan fingerprint density at radius 3 is 2.50 bits per heavy atom. The highest BCUT2D eigenvalue weighted by molar-refractivity contribution is 5.34. The van der Waals surface area contributed by atoms with Crippen LogP contribution in [-0.2, 0) is 6.54 Å². The molecular formula is C11H17F3N4. The van der Waals surface area contributed by atoms with E-state index in [2.05, 4.69) is 15.3 Å². The molecule has 102 valence electrons. The fourth-order valence-corrected chi connectivity index (χ4v) is 1.56. The molecule has 0 aliphatic carbocycles. The normalized spacial score (nSPS) is 11.9. The van der Waals surface area contributed by atoms with Gasteiger partial charge in [-0.1, -0.05) is 6.92 Å². The number of aromatic nitrogens is 2. The lowest BCUT2D eigenvalue weighted by molar-refractivity contribution is -0.146. The van der Waals surface area contributed by atoms with Crippen molar-refractivity contribution in [2.24, 2.45) is 0 Å². The van der Waals surface area contributed by atoms with E-state index in [1.807, 2.05) is 0 Å². The zero-order valence-corrected chi connectivity index (χ0v) is 10.7. The number of alkyl halides is 3. The van der Waals surface area contributed by atoms with E-state index in [9.17, 15) is 13.2 Å². The standard InChI is InChI=1S/C11H17F3N4/c1-4-18(7-11(12,13)14)6-10-16-8(2)5-9(15-3)17-10/h5H,4,6-7H2,1-3H3,(H,15,16,17). The molecule has 0 bridgehead atoms. The molecule has 1 rings (SSSR count). The molecular weight excluding hydrogens is 245 g/mol. The Bertz CT molecular complexity index is 392. The summed E-state index contributed by atoms with van der Waals surface area (Å²) in [4.78, 5) is 9.54. The molecule has 1 N–H and O–H groups in total. The minimum Gasteiger partial charge on any atom is -0.373 e. The molecule has 0 saturated heterocycles. The van der Waals surface area contributed by atoms with Crippen molar-refractivity contribution >= 4 is 5.82 Å². The highest BCUT2D eigenvalue weighted by atomic mass is 19.4.